The van der Waals surface area contributed by atoms with E-state index in [0.29, 0.717) is 31.8 Å². The fraction of sp³-hybridized carbons (Fsp3) is 0.381. The summed E-state index contributed by atoms with van der Waals surface area (Å²) in [5, 5.41) is 15.2. The van der Waals surface area contributed by atoms with Crippen molar-refractivity contribution in [3.05, 3.63) is 59.4 Å². The van der Waals surface area contributed by atoms with Gasteiger partial charge in [0.25, 0.3) is 0 Å². The van der Waals surface area contributed by atoms with Crippen LogP contribution in [0.2, 0.25) is 0 Å². The molecule has 1 aliphatic carbocycles. The van der Waals surface area contributed by atoms with Crippen LogP contribution in [0.25, 0.3) is 5.57 Å². The van der Waals surface area contributed by atoms with Gasteiger partial charge in [-0.15, -0.1) is 11.3 Å². The molecule has 1 aromatic rings. The second-order valence-electron chi connectivity index (χ2n) is 6.92. The summed E-state index contributed by atoms with van der Waals surface area (Å²) in [6, 6.07) is 0. The number of carboxylic acid groups (broad SMARTS) is 1. The van der Waals surface area contributed by atoms with Gasteiger partial charge >= 0.3 is 12.1 Å². The Morgan fingerprint density at radius 3 is 2.58 bits per heavy atom. The summed E-state index contributed by atoms with van der Waals surface area (Å²) in [6.07, 6.45) is 5.29. The Morgan fingerprint density at radius 2 is 2.03 bits per heavy atom. The Bertz CT molecular complexity index is 904. The lowest BCUT2D eigenvalue weighted by molar-refractivity contribution is -0.143. The zero-order chi connectivity index (χ0) is 24.9. The highest BCUT2D eigenvalue weighted by molar-refractivity contribution is 14.1. The van der Waals surface area contributed by atoms with Crippen molar-refractivity contribution in [1.29, 1.82) is 5.41 Å². The van der Waals surface area contributed by atoms with Crippen molar-refractivity contribution in [2.75, 3.05) is 0 Å². The van der Waals surface area contributed by atoms with E-state index in [1.54, 1.807) is 17.9 Å². The molecule has 0 aliphatic heterocycles. The maximum Gasteiger partial charge on any atom is 0.432 e. The van der Waals surface area contributed by atoms with Crippen molar-refractivity contribution in [3.8, 4) is 0 Å². The molecule has 3 N–H and O–H groups in total. The first-order chi connectivity index (χ1) is 15.5. The van der Waals surface area contributed by atoms with Crippen LogP contribution in [-0.4, -0.2) is 34.1 Å². The van der Waals surface area contributed by atoms with Gasteiger partial charge in [-0.2, -0.15) is 13.2 Å². The van der Waals surface area contributed by atoms with Crippen molar-refractivity contribution in [2.24, 2.45) is 9.06 Å². The van der Waals surface area contributed by atoms with Crippen molar-refractivity contribution in [2.45, 2.75) is 45.0 Å². The van der Waals surface area contributed by atoms with Crippen LogP contribution in [0.3, 0.4) is 0 Å². The highest BCUT2D eigenvalue weighted by Gasteiger charge is 2.32. The Hall–Kier alpha value is -2.22. The Kier molecular flexibility index (Phi) is 13.0. The predicted octanol–water partition coefficient (Wildman–Crippen LogP) is 6.97. The number of hydrogen-bond donors (Lipinski definition) is 3. The van der Waals surface area contributed by atoms with E-state index in [-0.39, 0.29) is 5.92 Å². The third-order valence-corrected chi connectivity index (χ3v) is 6.35. The minimum atomic E-state index is -4.62. The molecule has 0 unspecified atom stereocenters. The topological polar surface area (TPSA) is 98.4 Å². The summed E-state index contributed by atoms with van der Waals surface area (Å²) < 4.78 is 55.2. The van der Waals surface area contributed by atoms with Gasteiger partial charge in [0.1, 0.15) is 33.2 Å². The van der Waals surface area contributed by atoms with E-state index in [1.165, 1.54) is 11.3 Å². The zero-order valence-electron chi connectivity index (χ0n) is 17.8. The number of nitrogens with one attached hydrogen (secondary N) is 2. The minimum Gasteiger partial charge on any atom is -0.481 e. The summed E-state index contributed by atoms with van der Waals surface area (Å²) in [5.41, 5.74) is 2.15. The Morgan fingerprint density at radius 1 is 1.36 bits per heavy atom. The molecule has 6 nitrogen and oxygen atoms in total. The molecule has 0 atom stereocenters. The van der Waals surface area contributed by atoms with Crippen LogP contribution in [0.4, 0.5) is 17.6 Å². The summed E-state index contributed by atoms with van der Waals surface area (Å²) in [5.74, 6) is -1.06. The predicted molar refractivity (Wildman–Crippen MR) is 131 cm³/mol. The van der Waals surface area contributed by atoms with E-state index >= 15 is 0 Å². The van der Waals surface area contributed by atoms with Crippen molar-refractivity contribution in [3.63, 3.8) is 0 Å². The highest BCUT2D eigenvalue weighted by Crippen LogP contribution is 2.26. The summed E-state index contributed by atoms with van der Waals surface area (Å²) in [6.45, 7) is 5.86. The lowest BCUT2D eigenvalue weighted by Crippen LogP contribution is -2.21. The standard InChI is InChI=1S/C14H14F3IN4S.C7H11FO2/c1-10(7-11(2)12-8-20-9-23-12)3-5-21-18-22-6-4-13(19)14(15,16)17;8-6-3-1-5(2-4-6)7(9)10/h3-9,19H,2H2,1H3,(H,21,22);5-6H,1-4H2,(H,9,10)/b5-3+,6-4-,10-7-,19-13?;. The van der Waals surface area contributed by atoms with Crippen LogP contribution in [0.1, 0.15) is 37.5 Å². The molecule has 1 fully saturated rings. The van der Waals surface area contributed by atoms with Crippen molar-refractivity contribution in [1.82, 2.24) is 8.51 Å². The summed E-state index contributed by atoms with van der Waals surface area (Å²) in [4.78, 5) is 15.3. The monoisotopic (exact) mass is 600 g/mol. The Labute approximate surface area is 204 Å². The molecule has 0 radical (unpaired) electrons. The van der Waals surface area contributed by atoms with E-state index in [1.807, 2.05) is 19.1 Å². The van der Waals surface area contributed by atoms with E-state index in [4.69, 9.17) is 10.5 Å². The fourth-order valence-corrected chi connectivity index (χ4v) is 3.90. The van der Waals surface area contributed by atoms with Crippen molar-refractivity contribution >= 4 is 49.9 Å². The number of allylic oxidation sites excluding steroid dienone is 5. The van der Waals surface area contributed by atoms with E-state index < -0.39 is 45.3 Å². The second kappa shape index (κ2) is 14.8. The average molecular weight is 600 g/mol. The molecule has 0 spiro atoms. The van der Waals surface area contributed by atoms with Gasteiger partial charge in [-0.3, -0.25) is 15.2 Å². The third kappa shape index (κ3) is 12.6. The first-order valence-electron chi connectivity index (χ1n) is 9.71. The smallest absolute Gasteiger partial charge is 0.432 e. The fourth-order valence-electron chi connectivity index (χ4n) is 2.51. The highest BCUT2D eigenvalue weighted by atomic mass is 127. The molecule has 1 aliphatic rings. The van der Waals surface area contributed by atoms with Gasteiger partial charge < -0.3 is 8.64 Å². The first-order valence-corrected chi connectivity index (χ1v) is 12.6. The Balaban J connectivity index is 0.000000451. The lowest BCUT2D eigenvalue weighted by Gasteiger charge is -2.20. The first kappa shape index (κ1) is 28.8. The molecule has 1 heterocycles. The van der Waals surface area contributed by atoms with Gasteiger partial charge in [0.2, 0.25) is 0 Å². The van der Waals surface area contributed by atoms with Gasteiger partial charge in [0.05, 0.1) is 16.3 Å². The van der Waals surface area contributed by atoms with E-state index in [0.717, 1.165) is 22.2 Å². The van der Waals surface area contributed by atoms with Crippen LogP contribution in [0.15, 0.2) is 57.6 Å². The molecule has 2 rings (SSSR count). The molecule has 182 valence electrons. The summed E-state index contributed by atoms with van der Waals surface area (Å²) >= 11 is 0.651. The largest absolute Gasteiger partial charge is 0.481 e. The van der Waals surface area contributed by atoms with Gasteiger partial charge in [-0.25, -0.2) is 7.54 Å². The van der Waals surface area contributed by atoms with Crippen LogP contribution in [0.5, 0.6) is 0 Å². The summed E-state index contributed by atoms with van der Waals surface area (Å²) in [7, 11) is 0. The second-order valence-corrected chi connectivity index (χ2v) is 9.47. The molecule has 1 saturated carbocycles. The van der Waals surface area contributed by atoms with Crippen LogP contribution in [-0.2, 0) is 4.79 Å². The number of aromatic nitrogens is 1. The third-order valence-electron chi connectivity index (χ3n) is 4.27. The minimum absolute atomic E-state index is 0.285. The molecule has 1 aromatic heterocycles. The van der Waals surface area contributed by atoms with Gasteiger partial charge in [-0.1, -0.05) is 12.7 Å². The SMILES string of the molecule is C=C(/C=C(C)\C=C\NI=N/C=C\C(=N)C(F)(F)F)c1cncs1.O=C(O)C1CCC(F)CC1. The average Bonchev–Trinajstić information content (AvgIpc) is 3.28. The number of nitrogens with zero attached hydrogens (tertiary/aromatic N) is 2. The van der Waals surface area contributed by atoms with E-state index in [2.05, 4.69) is 18.2 Å². The van der Waals surface area contributed by atoms with Crippen LogP contribution in [0, 0.1) is 11.3 Å². The number of aliphatic carboxylic acids is 1. The molecule has 0 amide bonds. The van der Waals surface area contributed by atoms with Crippen LogP contribution >= 0.6 is 32.6 Å². The van der Waals surface area contributed by atoms with E-state index in [9.17, 15) is 22.4 Å². The maximum atomic E-state index is 12.4. The molecular weight excluding hydrogens is 575 g/mol. The number of hydrogen-bond acceptors (Lipinski definition) is 5. The number of carbonyl (C=O) groups is 1. The molecule has 0 bridgehead atoms. The number of carboxylic acids is 1. The number of alkyl halides is 4. The van der Waals surface area contributed by atoms with Gasteiger partial charge in [0.15, 0.2) is 0 Å². The quantitative estimate of drug-likeness (QED) is 0.0987. The molecule has 12 heteroatoms. The van der Waals surface area contributed by atoms with Gasteiger partial charge in [0, 0.05) is 18.6 Å². The maximum absolute atomic E-state index is 12.4. The molecule has 0 saturated heterocycles. The normalized spacial score (nSPS) is 19.7. The number of thiazole rings is 1. The lowest BCUT2D eigenvalue weighted by atomic mass is 9.88. The molecule has 33 heavy (non-hydrogen) atoms. The molecule has 0 aromatic carbocycles. The molecular formula is C21H25F4IN4O2S. The zero-order valence-corrected chi connectivity index (χ0v) is 20.8. The van der Waals surface area contributed by atoms with Crippen LogP contribution < -0.4 is 3.53 Å². The van der Waals surface area contributed by atoms with Gasteiger partial charge in [-0.05, 0) is 55.9 Å². The number of rotatable bonds is 8. The number of halogens is 5. The van der Waals surface area contributed by atoms with Crippen molar-refractivity contribution < 1.29 is 27.5 Å².